The van der Waals surface area contributed by atoms with Crippen LogP contribution in [-0.4, -0.2) is 87.1 Å². The number of unbranched alkanes of at least 4 members (excludes halogenated alkanes) is 9. The third-order valence-electron chi connectivity index (χ3n) is 10.3. The Labute approximate surface area is 230 Å². The average molecular weight is 519 g/mol. The molecule has 1 amide bonds. The smallest absolute Gasteiger partial charge is 0.226 e. The van der Waals surface area contributed by atoms with Crippen LogP contribution in [0.15, 0.2) is 0 Å². The maximum absolute atomic E-state index is 14.5. The number of hydrogen-bond donors (Lipinski definition) is 1. The van der Waals surface area contributed by atoms with Gasteiger partial charge in [0.25, 0.3) is 0 Å². The number of nitrogens with one attached hydrogen (secondary N) is 1. The number of likely N-dealkylation sites (tertiary alicyclic amines) is 3. The van der Waals surface area contributed by atoms with E-state index in [-0.39, 0.29) is 5.41 Å². The van der Waals surface area contributed by atoms with Crippen LogP contribution in [0.2, 0.25) is 0 Å². The summed E-state index contributed by atoms with van der Waals surface area (Å²) in [6, 6.07) is 0.369. The molecule has 0 saturated carbocycles. The maximum atomic E-state index is 14.5. The standard InChI is InChI=1S/C32H62N4O/c1-5-6-7-8-9-10-11-12-13-14-21-32(28-15-22-34(2)23-16-28,29-17-24-35(3)25-18-29)31(37)33-30-19-26-36(4)27-20-30/h28-30H,5-27H2,1-4H3,(H,33,37). The first-order valence-corrected chi connectivity index (χ1v) is 16.3. The summed E-state index contributed by atoms with van der Waals surface area (Å²) in [5, 5.41) is 3.69. The van der Waals surface area contributed by atoms with E-state index in [1.807, 2.05) is 0 Å². The summed E-state index contributed by atoms with van der Waals surface area (Å²) in [6.07, 6.45) is 21.8. The van der Waals surface area contributed by atoms with Gasteiger partial charge in [-0.05, 0) is 117 Å². The first kappa shape index (κ1) is 30.9. The van der Waals surface area contributed by atoms with Crippen molar-refractivity contribution in [3.8, 4) is 0 Å². The highest BCUT2D eigenvalue weighted by Gasteiger charge is 2.51. The molecule has 5 heteroatoms. The van der Waals surface area contributed by atoms with Crippen molar-refractivity contribution in [1.82, 2.24) is 20.0 Å². The molecule has 3 aliphatic heterocycles. The molecule has 0 aromatic carbocycles. The minimum Gasteiger partial charge on any atom is -0.353 e. The molecule has 0 aliphatic carbocycles. The van der Waals surface area contributed by atoms with Gasteiger partial charge >= 0.3 is 0 Å². The second kappa shape index (κ2) is 16.5. The molecule has 3 heterocycles. The lowest BCUT2D eigenvalue weighted by Crippen LogP contribution is -2.57. The van der Waals surface area contributed by atoms with Gasteiger partial charge in [0, 0.05) is 6.04 Å². The van der Waals surface area contributed by atoms with E-state index in [1.165, 1.54) is 89.9 Å². The number of piperidine rings is 3. The summed E-state index contributed by atoms with van der Waals surface area (Å²) >= 11 is 0. The van der Waals surface area contributed by atoms with Crippen molar-refractivity contribution in [1.29, 1.82) is 0 Å². The van der Waals surface area contributed by atoms with Crippen LogP contribution in [0.3, 0.4) is 0 Å². The largest absolute Gasteiger partial charge is 0.353 e. The van der Waals surface area contributed by atoms with Gasteiger partial charge in [-0.15, -0.1) is 0 Å². The van der Waals surface area contributed by atoms with Gasteiger partial charge in [-0.2, -0.15) is 0 Å². The van der Waals surface area contributed by atoms with E-state index < -0.39 is 0 Å². The van der Waals surface area contributed by atoms with Gasteiger partial charge in [0.15, 0.2) is 0 Å². The minimum absolute atomic E-state index is 0.161. The molecule has 37 heavy (non-hydrogen) atoms. The molecule has 0 atom stereocenters. The van der Waals surface area contributed by atoms with E-state index in [9.17, 15) is 4.79 Å². The second-order valence-corrected chi connectivity index (χ2v) is 13.2. The molecule has 5 nitrogen and oxygen atoms in total. The van der Waals surface area contributed by atoms with Crippen LogP contribution in [-0.2, 0) is 4.79 Å². The number of amides is 1. The van der Waals surface area contributed by atoms with Crippen molar-refractivity contribution in [3.63, 3.8) is 0 Å². The monoisotopic (exact) mass is 518 g/mol. The highest BCUT2D eigenvalue weighted by Crippen LogP contribution is 2.50. The maximum Gasteiger partial charge on any atom is 0.226 e. The van der Waals surface area contributed by atoms with E-state index in [2.05, 4.69) is 48.1 Å². The number of carbonyl (C=O) groups excluding carboxylic acids is 1. The molecular weight excluding hydrogens is 456 g/mol. The summed E-state index contributed by atoms with van der Waals surface area (Å²) in [6.45, 7) is 9.12. The molecule has 216 valence electrons. The number of hydrogen-bond acceptors (Lipinski definition) is 4. The van der Waals surface area contributed by atoms with Crippen molar-refractivity contribution in [2.75, 3.05) is 60.4 Å². The Morgan fingerprint density at radius 1 is 0.622 bits per heavy atom. The van der Waals surface area contributed by atoms with E-state index in [4.69, 9.17) is 0 Å². The number of nitrogens with zero attached hydrogens (tertiary/aromatic N) is 3. The summed E-state index contributed by atoms with van der Waals surface area (Å²) in [4.78, 5) is 21.9. The van der Waals surface area contributed by atoms with Crippen LogP contribution in [0.25, 0.3) is 0 Å². The quantitative estimate of drug-likeness (QED) is 0.263. The summed E-state index contributed by atoms with van der Waals surface area (Å²) in [5.74, 6) is 1.53. The molecule has 1 N–H and O–H groups in total. The Kier molecular flexibility index (Phi) is 13.7. The second-order valence-electron chi connectivity index (χ2n) is 13.2. The lowest BCUT2D eigenvalue weighted by atomic mass is 9.58. The fourth-order valence-corrected chi connectivity index (χ4v) is 7.65. The van der Waals surface area contributed by atoms with Gasteiger partial charge in [-0.1, -0.05) is 71.1 Å². The minimum atomic E-state index is -0.161. The highest BCUT2D eigenvalue weighted by atomic mass is 16.2. The molecular formula is C32H62N4O. The first-order chi connectivity index (χ1) is 18.0. The van der Waals surface area contributed by atoms with Crippen LogP contribution in [0, 0.1) is 17.3 Å². The third kappa shape index (κ3) is 9.49. The summed E-state index contributed by atoms with van der Waals surface area (Å²) < 4.78 is 0. The predicted molar refractivity (Wildman–Crippen MR) is 158 cm³/mol. The fraction of sp³-hybridized carbons (Fsp3) is 0.969. The normalized spacial score (nSPS) is 22.5. The number of rotatable bonds is 15. The molecule has 3 saturated heterocycles. The third-order valence-corrected chi connectivity index (χ3v) is 10.3. The van der Waals surface area contributed by atoms with Gasteiger partial charge in [-0.3, -0.25) is 4.79 Å². The van der Waals surface area contributed by atoms with E-state index in [0.717, 1.165) is 58.5 Å². The zero-order chi connectivity index (χ0) is 26.5. The van der Waals surface area contributed by atoms with Crippen LogP contribution in [0.1, 0.15) is 116 Å². The highest BCUT2D eigenvalue weighted by molar-refractivity contribution is 5.83. The topological polar surface area (TPSA) is 38.8 Å². The van der Waals surface area contributed by atoms with Crippen molar-refractivity contribution in [2.45, 2.75) is 122 Å². The van der Waals surface area contributed by atoms with Crippen LogP contribution in [0.5, 0.6) is 0 Å². The Morgan fingerprint density at radius 3 is 1.43 bits per heavy atom. The zero-order valence-electron chi connectivity index (χ0n) is 25.2. The van der Waals surface area contributed by atoms with Gasteiger partial charge in [0.1, 0.15) is 0 Å². The summed E-state index contributed by atoms with van der Waals surface area (Å²) in [5.41, 5.74) is -0.161. The van der Waals surface area contributed by atoms with Crippen LogP contribution in [0.4, 0.5) is 0 Å². The Morgan fingerprint density at radius 2 is 1.00 bits per heavy atom. The summed E-state index contributed by atoms with van der Waals surface area (Å²) in [7, 11) is 6.73. The van der Waals surface area contributed by atoms with Crippen molar-refractivity contribution in [2.24, 2.45) is 17.3 Å². The van der Waals surface area contributed by atoms with Gasteiger partial charge in [0.05, 0.1) is 5.41 Å². The van der Waals surface area contributed by atoms with E-state index in [1.54, 1.807) is 0 Å². The van der Waals surface area contributed by atoms with Gasteiger partial charge in [0.2, 0.25) is 5.91 Å². The molecule has 0 unspecified atom stereocenters. The molecule has 3 fully saturated rings. The zero-order valence-corrected chi connectivity index (χ0v) is 25.2. The Balaban J connectivity index is 1.65. The number of carbonyl (C=O) groups is 1. The first-order valence-electron chi connectivity index (χ1n) is 16.3. The van der Waals surface area contributed by atoms with Crippen molar-refractivity contribution < 1.29 is 4.79 Å². The predicted octanol–water partition coefficient (Wildman–Crippen LogP) is 6.18. The molecule has 3 rings (SSSR count). The SMILES string of the molecule is CCCCCCCCCCCCC(C(=O)NC1CCN(C)CC1)(C1CCN(C)CC1)C1CCN(C)CC1. The van der Waals surface area contributed by atoms with E-state index >= 15 is 0 Å². The van der Waals surface area contributed by atoms with Crippen molar-refractivity contribution in [3.05, 3.63) is 0 Å². The Bertz CT molecular complexity index is 594. The molecule has 3 aliphatic rings. The van der Waals surface area contributed by atoms with Crippen molar-refractivity contribution >= 4 is 5.91 Å². The van der Waals surface area contributed by atoms with Crippen LogP contribution < -0.4 is 5.32 Å². The van der Waals surface area contributed by atoms with Gasteiger partial charge < -0.3 is 20.0 Å². The Hall–Kier alpha value is -0.650. The lowest BCUT2D eigenvalue weighted by molar-refractivity contribution is -0.144. The molecule has 0 aromatic heterocycles. The molecule has 0 bridgehead atoms. The van der Waals surface area contributed by atoms with E-state index in [0.29, 0.717) is 23.8 Å². The van der Waals surface area contributed by atoms with Crippen LogP contribution >= 0.6 is 0 Å². The molecule has 0 aromatic rings. The average Bonchev–Trinajstić information content (AvgIpc) is 2.90. The molecule has 0 spiro atoms. The molecule has 0 radical (unpaired) electrons. The van der Waals surface area contributed by atoms with Gasteiger partial charge in [-0.25, -0.2) is 0 Å². The fourth-order valence-electron chi connectivity index (χ4n) is 7.65. The lowest BCUT2D eigenvalue weighted by Gasteiger charge is -2.50.